The minimum Gasteiger partial charge on any atom is 0 e. The van der Waals surface area contributed by atoms with Crippen LogP contribution in [0.25, 0.3) is 0 Å². The van der Waals surface area contributed by atoms with Gasteiger partial charge in [-0.2, -0.15) is 77.7 Å². The molecule has 20 heteroatoms. The Bertz CT molecular complexity index is 980. The van der Waals surface area contributed by atoms with E-state index in [-0.39, 0.29) is 34.1 Å². The first-order chi connectivity index (χ1) is 19.7. The van der Waals surface area contributed by atoms with Crippen LogP contribution in [0.5, 0.6) is 0 Å². The van der Waals surface area contributed by atoms with E-state index in [4.69, 9.17) is 10.5 Å². The third-order valence-corrected chi connectivity index (χ3v) is 5.62. The summed E-state index contributed by atoms with van der Waals surface area (Å²) in [6.07, 6.45) is 0. The van der Waals surface area contributed by atoms with Gasteiger partial charge in [0.1, 0.15) is 0 Å². The maximum absolute atomic E-state index is 10.7. The van der Waals surface area contributed by atoms with Crippen molar-refractivity contribution in [3.8, 4) is 12.1 Å². The zero-order valence-electron chi connectivity index (χ0n) is 29.3. The number of hydrogen-bond acceptors (Lipinski definition) is 4. The van der Waals surface area contributed by atoms with Crippen LogP contribution in [-0.4, -0.2) is 11.5 Å². The Morgan fingerprint density at radius 3 is 0.562 bits per heavy atom. The van der Waals surface area contributed by atoms with E-state index in [1.165, 1.54) is 69.5 Å². The van der Waals surface area contributed by atoms with Gasteiger partial charge in [-0.25, -0.2) is 0 Å². The van der Waals surface area contributed by atoms with Crippen LogP contribution < -0.4 is 0 Å². The van der Waals surface area contributed by atoms with Crippen LogP contribution in [0.4, 0.5) is 50.4 Å². The third-order valence-electron chi connectivity index (χ3n) is 5.62. The molecule has 0 aliphatic rings. The van der Waals surface area contributed by atoms with Crippen LogP contribution in [0, 0.1) is 91.9 Å². The Labute approximate surface area is 310 Å². The monoisotopic (exact) mass is 876 g/mol. The predicted octanol–water partition coefficient (Wildman–Crippen LogP) is 14.8. The van der Waals surface area contributed by atoms with Gasteiger partial charge in [0.15, 0.2) is 0 Å². The van der Waals surface area contributed by atoms with Crippen LogP contribution >= 0.6 is 15.6 Å². The van der Waals surface area contributed by atoms with Gasteiger partial charge in [0.05, 0.1) is 12.1 Å². The Hall–Kier alpha value is -0.561. The summed E-state index contributed by atoms with van der Waals surface area (Å²) in [6, 6.07) is 3.50. The average Bonchev–Trinajstić information content (AvgIpc) is 3.07. The van der Waals surface area contributed by atoms with Crippen molar-refractivity contribution >= 4 is 40.9 Å². The second-order valence-electron chi connectivity index (χ2n) is 9.19. The second-order valence-corrected chi connectivity index (χ2v) is 14.2. The number of hydrogen-bond donors (Lipinski definition) is 0. The normalized spacial score (nSPS) is 12.2. The molecule has 0 bridgehead atoms. The zero-order valence-corrected chi connectivity index (χ0v) is 34.9. The van der Waals surface area contributed by atoms with Gasteiger partial charge in [-0.05, 0) is 0 Å². The Kier molecular flexibility index (Phi) is 32.6. The van der Waals surface area contributed by atoms with Crippen molar-refractivity contribution in [3.05, 3.63) is 55.6 Å². The SMILES string of the molecule is CC#N.CC#N.CC[S-].CC[S-].Cc1c(C)c(C)[c-](C)c1C.Cc1c(C)c(C)[c-](C)c1C.F[P-](F)(F)(F)(F)F.F[P-](F)(F)(F)(F)F.[Fe].[Fe]. The maximum Gasteiger partial charge on any atom is 0 e. The minimum atomic E-state index is -10.7. The quantitative estimate of drug-likeness (QED) is 0.0870. The molecule has 48 heavy (non-hydrogen) atoms. The topological polar surface area (TPSA) is 47.6 Å². The first-order valence-electron chi connectivity index (χ1n) is 13.0. The second kappa shape index (κ2) is 23.8. The van der Waals surface area contributed by atoms with E-state index >= 15 is 0 Å². The van der Waals surface area contributed by atoms with E-state index in [2.05, 4.69) is 94.5 Å². The average molecular weight is 876 g/mol. The van der Waals surface area contributed by atoms with Crippen molar-refractivity contribution in [2.24, 2.45) is 0 Å². The molecule has 0 aromatic heterocycles. The Morgan fingerprint density at radius 2 is 0.542 bits per heavy atom. The van der Waals surface area contributed by atoms with E-state index < -0.39 is 15.6 Å². The van der Waals surface area contributed by atoms with Gasteiger partial charge < -0.3 is 25.3 Å². The van der Waals surface area contributed by atoms with E-state index in [0.717, 1.165) is 11.5 Å². The van der Waals surface area contributed by atoms with Gasteiger partial charge in [-0.3, -0.25) is 0 Å². The maximum atomic E-state index is 9.87. The first-order valence-corrected chi connectivity index (χ1v) is 18.2. The van der Waals surface area contributed by atoms with Crippen molar-refractivity contribution in [1.82, 2.24) is 0 Å². The van der Waals surface area contributed by atoms with Crippen LogP contribution in [0.3, 0.4) is 0 Å². The van der Waals surface area contributed by atoms with Crippen LogP contribution in [0.2, 0.25) is 0 Å². The smallest absolute Gasteiger partial charge is 0 e. The largest absolute Gasteiger partial charge is 0 e. The summed E-state index contributed by atoms with van der Waals surface area (Å²) in [7, 11) is -21.3. The summed E-state index contributed by atoms with van der Waals surface area (Å²) >= 11 is 8.79. The van der Waals surface area contributed by atoms with Crippen molar-refractivity contribution < 1.29 is 84.5 Å². The van der Waals surface area contributed by atoms with E-state index in [9.17, 15) is 50.4 Å². The Morgan fingerprint density at radius 1 is 0.479 bits per heavy atom. The molecule has 0 unspecified atom stereocenters. The summed E-state index contributed by atoms with van der Waals surface area (Å²) in [6.45, 7) is 28.7. The molecular weight excluding hydrogens is 830 g/mol. The molecule has 0 fully saturated rings. The molecule has 2 rings (SSSR count). The van der Waals surface area contributed by atoms with Crippen LogP contribution in [-0.2, 0) is 59.4 Å². The van der Waals surface area contributed by atoms with Crippen molar-refractivity contribution in [1.29, 1.82) is 10.5 Å². The fraction of sp³-hybridized carbons (Fsp3) is 0.571. The molecule has 0 aliphatic heterocycles. The van der Waals surface area contributed by atoms with Gasteiger partial charge in [0.25, 0.3) is 0 Å². The summed E-state index contributed by atoms with van der Waals surface area (Å²) in [5.74, 6) is 1.67. The van der Waals surface area contributed by atoms with E-state index in [1.807, 2.05) is 13.8 Å². The molecule has 0 N–H and O–H groups in total. The predicted molar refractivity (Wildman–Crippen MR) is 177 cm³/mol. The molecular formula is C28H46F12Fe2N2P2S2-6. The van der Waals surface area contributed by atoms with Gasteiger partial charge in [0, 0.05) is 48.0 Å². The van der Waals surface area contributed by atoms with Crippen molar-refractivity contribution in [2.75, 3.05) is 11.5 Å². The van der Waals surface area contributed by atoms with Gasteiger partial charge in [-0.1, -0.05) is 83.1 Å². The van der Waals surface area contributed by atoms with E-state index in [0.29, 0.717) is 0 Å². The van der Waals surface area contributed by atoms with Gasteiger partial charge in [-0.15, -0.1) is 0 Å². The molecule has 0 amide bonds. The summed E-state index contributed by atoms with van der Waals surface area (Å²) in [4.78, 5) is 0. The summed E-state index contributed by atoms with van der Waals surface area (Å²) < 4.78 is 118. The molecule has 2 aromatic carbocycles. The molecule has 0 saturated heterocycles. The Balaban J connectivity index is -0.0000000665. The zero-order chi connectivity index (χ0) is 39.4. The molecule has 0 heterocycles. The molecule has 0 spiro atoms. The molecule has 0 saturated carbocycles. The number of nitrogens with zero attached hydrogens (tertiary/aromatic N) is 2. The van der Waals surface area contributed by atoms with Crippen molar-refractivity contribution in [3.63, 3.8) is 0 Å². The summed E-state index contributed by atoms with van der Waals surface area (Å²) in [5, 5.41) is 14.6. The van der Waals surface area contributed by atoms with Crippen LogP contribution in [0.15, 0.2) is 0 Å². The standard InChI is InChI=1S/2C10H15.2C2H3N.2C2H6S.2F6P.2Fe/c2*1-6-7(2)9(4)10(5)8(6)3;4*1-2-3;2*1-7(2,3,4,5)6;;/h2*1-5H3;2*1H3;2*3H,2H2,1H3;;;;/q2*-1;;;;;2*-1;;/p-2. The number of rotatable bonds is 0. The molecule has 2 aromatic rings. The van der Waals surface area contributed by atoms with E-state index in [1.54, 1.807) is 12.1 Å². The molecule has 2 nitrogen and oxygen atoms in total. The molecule has 0 radical (unpaired) electrons. The number of halogens is 12. The molecule has 0 atom stereocenters. The van der Waals surface area contributed by atoms with Crippen molar-refractivity contribution in [2.45, 2.75) is 96.9 Å². The fourth-order valence-corrected chi connectivity index (χ4v) is 2.81. The van der Waals surface area contributed by atoms with Gasteiger partial charge >= 0.3 is 66.0 Å². The fourth-order valence-electron chi connectivity index (χ4n) is 2.81. The van der Waals surface area contributed by atoms with Gasteiger partial charge in [0.2, 0.25) is 0 Å². The molecule has 0 aliphatic carbocycles. The third kappa shape index (κ3) is 57.7. The van der Waals surface area contributed by atoms with Crippen LogP contribution in [0.1, 0.15) is 83.3 Å². The minimum absolute atomic E-state index is 0. The summed E-state index contributed by atoms with van der Waals surface area (Å²) in [5.41, 5.74) is 14.7. The first kappa shape index (κ1) is 65.8. The molecule has 296 valence electrons. The number of nitriles is 2.